The fourth-order valence-corrected chi connectivity index (χ4v) is 3.11. The Kier molecular flexibility index (Phi) is 5.18. The molecule has 20 heavy (non-hydrogen) atoms. The zero-order valence-corrected chi connectivity index (χ0v) is 13.6. The Morgan fingerprint density at radius 1 is 1.35 bits per heavy atom. The first kappa shape index (κ1) is 15.5. The van der Waals surface area contributed by atoms with E-state index in [1.165, 1.54) is 11.1 Å². The zero-order valence-electron chi connectivity index (χ0n) is 12.0. The Hall–Kier alpha value is -0.910. The second kappa shape index (κ2) is 6.70. The number of benzene rings is 1. The molecule has 0 aliphatic carbocycles. The molecule has 0 saturated carbocycles. The first-order valence-electron chi connectivity index (χ1n) is 6.91. The molecule has 4 nitrogen and oxygen atoms in total. The van der Waals surface area contributed by atoms with E-state index < -0.39 is 5.97 Å². The van der Waals surface area contributed by atoms with Gasteiger partial charge in [0, 0.05) is 37.2 Å². The molecule has 110 valence electrons. The smallest absolute Gasteiger partial charge is 0.320 e. The molecule has 1 N–H and O–H groups in total. The summed E-state index contributed by atoms with van der Waals surface area (Å²) in [5, 5.41) is 9.04. The maximum atomic E-state index is 11.0. The Morgan fingerprint density at radius 3 is 2.55 bits per heavy atom. The van der Waals surface area contributed by atoms with Gasteiger partial charge in [-0.3, -0.25) is 14.6 Å². The lowest BCUT2D eigenvalue weighted by Crippen LogP contribution is -2.51. The van der Waals surface area contributed by atoms with E-state index in [0.717, 1.165) is 37.2 Å². The van der Waals surface area contributed by atoms with Gasteiger partial charge in [0.2, 0.25) is 0 Å². The van der Waals surface area contributed by atoms with E-state index in [1.807, 2.05) is 4.90 Å². The molecule has 1 fully saturated rings. The van der Waals surface area contributed by atoms with Gasteiger partial charge in [-0.1, -0.05) is 28.1 Å². The van der Waals surface area contributed by atoms with E-state index in [4.69, 9.17) is 5.11 Å². The Morgan fingerprint density at radius 2 is 2.00 bits per heavy atom. The van der Waals surface area contributed by atoms with Gasteiger partial charge in [0.25, 0.3) is 0 Å². The van der Waals surface area contributed by atoms with E-state index in [9.17, 15) is 4.79 Å². The number of aliphatic carboxylic acids is 1. The summed E-state index contributed by atoms with van der Waals surface area (Å²) < 4.78 is 1.15. The van der Waals surface area contributed by atoms with Crippen LogP contribution in [-0.4, -0.2) is 53.1 Å². The van der Waals surface area contributed by atoms with Crippen LogP contribution in [0.5, 0.6) is 0 Å². The van der Waals surface area contributed by atoms with Crippen molar-refractivity contribution < 1.29 is 9.90 Å². The molecule has 0 radical (unpaired) electrons. The fraction of sp³-hybridized carbons (Fsp3) is 0.533. The van der Waals surface area contributed by atoms with E-state index in [1.54, 1.807) is 6.92 Å². The van der Waals surface area contributed by atoms with Crippen molar-refractivity contribution in [3.05, 3.63) is 33.8 Å². The maximum absolute atomic E-state index is 11.0. The van der Waals surface area contributed by atoms with Crippen LogP contribution in [0.2, 0.25) is 0 Å². The number of nitrogens with zero attached hydrogens (tertiary/aromatic N) is 2. The average molecular weight is 341 g/mol. The van der Waals surface area contributed by atoms with Crippen molar-refractivity contribution in [3.63, 3.8) is 0 Å². The number of halogens is 1. The van der Waals surface area contributed by atoms with Crippen LogP contribution in [0.15, 0.2) is 22.7 Å². The summed E-state index contributed by atoms with van der Waals surface area (Å²) in [5.74, 6) is -0.736. The predicted octanol–water partition coefficient (Wildman–Crippen LogP) is 2.35. The summed E-state index contributed by atoms with van der Waals surface area (Å²) in [6.07, 6.45) is 0. The van der Waals surface area contributed by atoms with Crippen LogP contribution >= 0.6 is 15.9 Å². The lowest BCUT2D eigenvalue weighted by Gasteiger charge is -2.36. The molecule has 1 unspecified atom stereocenters. The lowest BCUT2D eigenvalue weighted by molar-refractivity contribution is -0.143. The van der Waals surface area contributed by atoms with Crippen molar-refractivity contribution >= 4 is 21.9 Å². The SMILES string of the molecule is Cc1ccc(CN2CCN(C(C)C(=O)O)CC2)c(Br)c1. The largest absolute Gasteiger partial charge is 0.480 e. The van der Waals surface area contributed by atoms with Gasteiger partial charge in [0.15, 0.2) is 0 Å². The van der Waals surface area contributed by atoms with Gasteiger partial charge in [-0.2, -0.15) is 0 Å². The van der Waals surface area contributed by atoms with E-state index >= 15 is 0 Å². The number of aryl methyl sites for hydroxylation is 1. The monoisotopic (exact) mass is 340 g/mol. The number of hydrogen-bond acceptors (Lipinski definition) is 3. The highest BCUT2D eigenvalue weighted by Crippen LogP contribution is 2.20. The van der Waals surface area contributed by atoms with Gasteiger partial charge in [0.05, 0.1) is 0 Å². The van der Waals surface area contributed by atoms with Crippen LogP contribution in [0.1, 0.15) is 18.1 Å². The molecule has 0 spiro atoms. The van der Waals surface area contributed by atoms with Crippen LogP contribution in [0, 0.1) is 6.92 Å². The van der Waals surface area contributed by atoms with Gasteiger partial charge < -0.3 is 5.11 Å². The molecule has 2 rings (SSSR count). The third-order valence-electron chi connectivity index (χ3n) is 3.91. The molecule has 1 aliphatic rings. The molecule has 1 aliphatic heterocycles. The Balaban J connectivity index is 1.90. The summed E-state index contributed by atoms with van der Waals surface area (Å²) >= 11 is 3.61. The van der Waals surface area contributed by atoms with E-state index in [0.29, 0.717) is 0 Å². The second-order valence-electron chi connectivity index (χ2n) is 5.42. The number of carboxylic acids is 1. The van der Waals surface area contributed by atoms with Gasteiger partial charge in [0.1, 0.15) is 6.04 Å². The number of piperazine rings is 1. The summed E-state index contributed by atoms with van der Waals surface area (Å²) in [6, 6.07) is 6.04. The molecule has 1 aromatic rings. The minimum atomic E-state index is -0.736. The minimum Gasteiger partial charge on any atom is -0.480 e. The molecule has 1 aromatic carbocycles. The van der Waals surface area contributed by atoms with Crippen molar-refractivity contribution in [2.24, 2.45) is 0 Å². The highest BCUT2D eigenvalue weighted by molar-refractivity contribution is 9.10. The normalized spacial score (nSPS) is 18.9. The van der Waals surface area contributed by atoms with Crippen molar-refractivity contribution in [1.82, 2.24) is 9.80 Å². The molecular weight excluding hydrogens is 320 g/mol. The molecule has 0 aromatic heterocycles. The summed E-state index contributed by atoms with van der Waals surface area (Å²) in [6.45, 7) is 8.22. The first-order valence-corrected chi connectivity index (χ1v) is 7.71. The van der Waals surface area contributed by atoms with Crippen molar-refractivity contribution in [3.8, 4) is 0 Å². The van der Waals surface area contributed by atoms with Gasteiger partial charge in [-0.05, 0) is 31.0 Å². The van der Waals surface area contributed by atoms with Crippen molar-refractivity contribution in [2.75, 3.05) is 26.2 Å². The molecule has 1 saturated heterocycles. The average Bonchev–Trinajstić information content (AvgIpc) is 2.42. The highest BCUT2D eigenvalue weighted by atomic mass is 79.9. The Bertz CT molecular complexity index is 485. The summed E-state index contributed by atoms with van der Waals surface area (Å²) in [5.41, 5.74) is 2.54. The van der Waals surface area contributed by atoms with Crippen LogP contribution in [0.4, 0.5) is 0 Å². The molecule has 1 heterocycles. The molecule has 0 amide bonds. The van der Waals surface area contributed by atoms with Gasteiger partial charge >= 0.3 is 5.97 Å². The van der Waals surface area contributed by atoms with Crippen molar-refractivity contribution in [1.29, 1.82) is 0 Å². The second-order valence-corrected chi connectivity index (χ2v) is 6.28. The predicted molar refractivity (Wildman–Crippen MR) is 82.8 cm³/mol. The molecular formula is C15H21BrN2O2. The zero-order chi connectivity index (χ0) is 14.7. The number of hydrogen-bond donors (Lipinski definition) is 1. The standard InChI is InChI=1S/C15H21BrN2O2/c1-11-3-4-13(14(16)9-11)10-17-5-7-18(8-6-17)12(2)15(19)20/h3-4,9,12H,5-8,10H2,1-2H3,(H,19,20). The highest BCUT2D eigenvalue weighted by Gasteiger charge is 2.25. The lowest BCUT2D eigenvalue weighted by atomic mass is 10.1. The quantitative estimate of drug-likeness (QED) is 0.913. The minimum absolute atomic E-state index is 0.386. The van der Waals surface area contributed by atoms with Gasteiger partial charge in [-0.25, -0.2) is 0 Å². The Labute approximate surface area is 128 Å². The maximum Gasteiger partial charge on any atom is 0.320 e. The van der Waals surface area contributed by atoms with Crippen LogP contribution in [0.3, 0.4) is 0 Å². The van der Waals surface area contributed by atoms with E-state index in [-0.39, 0.29) is 6.04 Å². The first-order chi connectivity index (χ1) is 9.47. The number of rotatable bonds is 4. The fourth-order valence-electron chi connectivity index (χ4n) is 2.49. The summed E-state index contributed by atoms with van der Waals surface area (Å²) in [7, 11) is 0. The molecule has 0 bridgehead atoms. The molecule has 5 heteroatoms. The third kappa shape index (κ3) is 3.81. The van der Waals surface area contributed by atoms with Gasteiger partial charge in [-0.15, -0.1) is 0 Å². The van der Waals surface area contributed by atoms with Crippen LogP contribution in [0.25, 0.3) is 0 Å². The molecule has 1 atom stereocenters. The topological polar surface area (TPSA) is 43.8 Å². The van der Waals surface area contributed by atoms with Crippen LogP contribution in [-0.2, 0) is 11.3 Å². The van der Waals surface area contributed by atoms with Crippen molar-refractivity contribution in [2.45, 2.75) is 26.4 Å². The number of carbonyl (C=O) groups is 1. The third-order valence-corrected chi connectivity index (χ3v) is 4.65. The number of carboxylic acid groups (broad SMARTS) is 1. The van der Waals surface area contributed by atoms with Crippen LogP contribution < -0.4 is 0 Å². The van der Waals surface area contributed by atoms with E-state index in [2.05, 4.69) is 46.0 Å². The summed E-state index contributed by atoms with van der Waals surface area (Å²) in [4.78, 5) is 15.4.